The van der Waals surface area contributed by atoms with Crippen LogP contribution in [0, 0.1) is 0 Å². The van der Waals surface area contributed by atoms with E-state index in [2.05, 4.69) is 5.43 Å². The Bertz CT molecular complexity index is 826. The van der Waals surface area contributed by atoms with Crippen LogP contribution in [-0.4, -0.2) is 45.5 Å². The normalized spacial score (nSPS) is 15.9. The lowest BCUT2D eigenvalue weighted by molar-refractivity contribution is -0.141. The van der Waals surface area contributed by atoms with Gasteiger partial charge in [-0.2, -0.15) is 0 Å². The van der Waals surface area contributed by atoms with Gasteiger partial charge in [0, 0.05) is 6.54 Å². The molecule has 1 saturated heterocycles. The number of hydrazine groups is 1. The van der Waals surface area contributed by atoms with Crippen molar-refractivity contribution in [2.45, 2.75) is 31.8 Å². The van der Waals surface area contributed by atoms with Gasteiger partial charge in [0.2, 0.25) is 5.91 Å². The highest BCUT2D eigenvalue weighted by Gasteiger charge is 2.36. The topological polar surface area (TPSA) is 90.0 Å². The lowest BCUT2D eigenvalue weighted by Gasteiger charge is -2.30. The molecule has 28 heavy (non-hydrogen) atoms. The molecule has 0 aliphatic carbocycles. The molecular formula is C21H23N3O4. The number of nitrogens with zero attached hydrogens (tertiary/aromatic N) is 2. The van der Waals surface area contributed by atoms with Crippen molar-refractivity contribution in [3.63, 3.8) is 0 Å². The van der Waals surface area contributed by atoms with Crippen LogP contribution in [0.25, 0.3) is 0 Å². The van der Waals surface area contributed by atoms with E-state index in [4.69, 9.17) is 0 Å². The average Bonchev–Trinajstić information content (AvgIpc) is 3.18. The summed E-state index contributed by atoms with van der Waals surface area (Å²) < 4.78 is 0. The number of rotatable bonds is 5. The summed E-state index contributed by atoms with van der Waals surface area (Å²) >= 11 is 0. The fourth-order valence-electron chi connectivity index (χ4n) is 3.30. The smallest absolute Gasteiger partial charge is 0.339 e. The molecule has 0 aromatic heterocycles. The maximum absolute atomic E-state index is 13.0. The van der Waals surface area contributed by atoms with E-state index < -0.39 is 18.0 Å². The van der Waals surface area contributed by atoms with Gasteiger partial charge >= 0.3 is 12.0 Å². The van der Waals surface area contributed by atoms with Gasteiger partial charge in [-0.15, -0.1) is 0 Å². The Balaban J connectivity index is 1.75. The average molecular weight is 381 g/mol. The second kappa shape index (κ2) is 9.03. The molecule has 1 aliphatic rings. The zero-order valence-corrected chi connectivity index (χ0v) is 15.5. The van der Waals surface area contributed by atoms with Gasteiger partial charge in [0.25, 0.3) is 0 Å². The second-order valence-corrected chi connectivity index (χ2v) is 6.74. The summed E-state index contributed by atoms with van der Waals surface area (Å²) in [7, 11) is 0. The zero-order valence-electron chi connectivity index (χ0n) is 15.5. The Hall–Kier alpha value is -3.35. The van der Waals surface area contributed by atoms with Crippen LogP contribution >= 0.6 is 0 Å². The molecule has 7 heteroatoms. The van der Waals surface area contributed by atoms with Crippen LogP contribution < -0.4 is 5.43 Å². The molecule has 2 N–H and O–H groups in total. The SMILES string of the molecule is O=C(Cc1ccccc1)NN(Cc1ccccc1)C(=O)N1CCC[C@H]1C(=O)O. The van der Waals surface area contributed by atoms with Crippen molar-refractivity contribution in [3.05, 3.63) is 71.8 Å². The summed E-state index contributed by atoms with van der Waals surface area (Å²) in [5, 5.41) is 10.6. The van der Waals surface area contributed by atoms with Gasteiger partial charge in [-0.1, -0.05) is 60.7 Å². The number of likely N-dealkylation sites (tertiary alicyclic amines) is 1. The number of hydrogen-bond acceptors (Lipinski definition) is 3. The molecule has 1 aliphatic heterocycles. The first kappa shape index (κ1) is 19.4. The molecule has 2 aromatic carbocycles. The van der Waals surface area contributed by atoms with Gasteiger partial charge in [-0.3, -0.25) is 10.2 Å². The third-order valence-corrected chi connectivity index (χ3v) is 4.67. The van der Waals surface area contributed by atoms with Gasteiger partial charge in [0.05, 0.1) is 13.0 Å². The van der Waals surface area contributed by atoms with Gasteiger partial charge in [0.1, 0.15) is 6.04 Å². The van der Waals surface area contributed by atoms with Gasteiger partial charge in [-0.05, 0) is 24.0 Å². The Morgan fingerprint density at radius 2 is 1.61 bits per heavy atom. The van der Waals surface area contributed by atoms with Crippen molar-refractivity contribution >= 4 is 17.9 Å². The van der Waals surface area contributed by atoms with Crippen LogP contribution in [0.2, 0.25) is 0 Å². The van der Waals surface area contributed by atoms with Crippen LogP contribution in [0.15, 0.2) is 60.7 Å². The summed E-state index contributed by atoms with van der Waals surface area (Å²) in [6.45, 7) is 0.513. The second-order valence-electron chi connectivity index (χ2n) is 6.74. The van der Waals surface area contributed by atoms with E-state index in [-0.39, 0.29) is 18.9 Å². The number of nitrogens with one attached hydrogen (secondary N) is 1. The molecule has 1 fully saturated rings. The zero-order chi connectivity index (χ0) is 19.9. The Labute approximate surface area is 163 Å². The van der Waals surface area contributed by atoms with E-state index in [1.807, 2.05) is 60.7 Å². The van der Waals surface area contributed by atoms with Gasteiger partial charge < -0.3 is 10.0 Å². The Morgan fingerprint density at radius 1 is 1.00 bits per heavy atom. The van der Waals surface area contributed by atoms with Gasteiger partial charge in [-0.25, -0.2) is 14.6 Å². The predicted octanol–water partition coefficient (Wildman–Crippen LogP) is 2.43. The van der Waals surface area contributed by atoms with Crippen LogP contribution in [0.1, 0.15) is 24.0 Å². The molecule has 3 amide bonds. The van der Waals surface area contributed by atoms with E-state index in [1.165, 1.54) is 9.91 Å². The quantitative estimate of drug-likeness (QED) is 0.779. The maximum atomic E-state index is 13.0. The first-order valence-corrected chi connectivity index (χ1v) is 9.23. The number of amides is 3. The van der Waals surface area contributed by atoms with Crippen LogP contribution in [0.4, 0.5) is 4.79 Å². The summed E-state index contributed by atoms with van der Waals surface area (Å²) in [6.07, 6.45) is 1.17. The molecule has 1 heterocycles. The Kier molecular flexibility index (Phi) is 6.26. The van der Waals surface area contributed by atoms with E-state index in [9.17, 15) is 19.5 Å². The van der Waals surface area contributed by atoms with Crippen molar-refractivity contribution in [3.8, 4) is 0 Å². The number of benzene rings is 2. The van der Waals surface area contributed by atoms with Crippen LogP contribution in [-0.2, 0) is 22.6 Å². The number of aliphatic carboxylic acids is 1. The molecule has 2 aromatic rings. The number of carboxylic acid groups (broad SMARTS) is 1. The summed E-state index contributed by atoms with van der Waals surface area (Å²) in [5.41, 5.74) is 4.33. The third kappa shape index (κ3) is 4.88. The van der Waals surface area contributed by atoms with Gasteiger partial charge in [0.15, 0.2) is 0 Å². The Morgan fingerprint density at radius 3 is 2.21 bits per heavy atom. The standard InChI is InChI=1S/C21H23N3O4/c25-19(14-16-8-3-1-4-9-16)22-24(15-17-10-5-2-6-11-17)21(28)23-13-7-12-18(23)20(26)27/h1-6,8-11,18H,7,12-15H2,(H,22,25)(H,26,27)/t18-/m0/s1. The highest BCUT2D eigenvalue weighted by atomic mass is 16.4. The number of carboxylic acids is 1. The molecular weight excluding hydrogens is 358 g/mol. The number of carbonyl (C=O) groups is 3. The third-order valence-electron chi connectivity index (χ3n) is 4.67. The first-order chi connectivity index (χ1) is 13.5. The minimum absolute atomic E-state index is 0.127. The highest BCUT2D eigenvalue weighted by molar-refractivity contribution is 5.86. The molecule has 0 saturated carbocycles. The summed E-state index contributed by atoms with van der Waals surface area (Å²) in [6, 6.07) is 17.1. The minimum atomic E-state index is -1.03. The fraction of sp³-hybridized carbons (Fsp3) is 0.286. The molecule has 0 spiro atoms. The van der Waals surface area contributed by atoms with E-state index >= 15 is 0 Å². The molecule has 0 radical (unpaired) electrons. The van der Waals surface area contributed by atoms with E-state index in [1.54, 1.807) is 0 Å². The number of hydrogen-bond donors (Lipinski definition) is 2. The molecule has 3 rings (SSSR count). The molecule has 146 valence electrons. The summed E-state index contributed by atoms with van der Waals surface area (Å²) in [5.74, 6) is -1.36. The van der Waals surface area contributed by atoms with E-state index in [0.717, 1.165) is 11.1 Å². The van der Waals surface area contributed by atoms with Crippen LogP contribution in [0.3, 0.4) is 0 Å². The molecule has 1 atom stereocenters. The molecule has 0 bridgehead atoms. The fourth-order valence-corrected chi connectivity index (χ4v) is 3.30. The summed E-state index contributed by atoms with van der Waals surface area (Å²) in [4.78, 5) is 38.3. The van der Waals surface area contributed by atoms with Crippen molar-refractivity contribution in [2.75, 3.05) is 6.54 Å². The highest BCUT2D eigenvalue weighted by Crippen LogP contribution is 2.20. The number of carbonyl (C=O) groups excluding carboxylic acids is 2. The predicted molar refractivity (Wildman–Crippen MR) is 103 cm³/mol. The lowest BCUT2D eigenvalue weighted by atomic mass is 10.1. The largest absolute Gasteiger partial charge is 0.480 e. The van der Waals surface area contributed by atoms with E-state index in [0.29, 0.717) is 19.4 Å². The van der Waals surface area contributed by atoms with Crippen molar-refractivity contribution in [1.29, 1.82) is 0 Å². The minimum Gasteiger partial charge on any atom is -0.480 e. The first-order valence-electron chi connectivity index (χ1n) is 9.23. The molecule has 0 unspecified atom stereocenters. The molecule has 7 nitrogen and oxygen atoms in total. The lowest BCUT2D eigenvalue weighted by Crippen LogP contribution is -2.54. The monoisotopic (exact) mass is 381 g/mol. The van der Waals surface area contributed by atoms with Crippen LogP contribution in [0.5, 0.6) is 0 Å². The number of urea groups is 1. The van der Waals surface area contributed by atoms with Crippen molar-refractivity contribution in [1.82, 2.24) is 15.3 Å². The maximum Gasteiger partial charge on any atom is 0.339 e. The van der Waals surface area contributed by atoms with Crippen molar-refractivity contribution < 1.29 is 19.5 Å². The van der Waals surface area contributed by atoms with Crippen molar-refractivity contribution in [2.24, 2.45) is 0 Å².